The minimum Gasteiger partial charge on any atom is -0.385 e. The summed E-state index contributed by atoms with van der Waals surface area (Å²) in [6.07, 6.45) is 0.976. The first-order chi connectivity index (χ1) is 6.24. The van der Waals surface area contributed by atoms with Crippen molar-refractivity contribution in [2.24, 2.45) is 0 Å². The Morgan fingerprint density at radius 1 is 1.38 bits per heavy atom. The fraction of sp³-hybridized carbons (Fsp3) is 0.400. The van der Waals surface area contributed by atoms with Gasteiger partial charge in [-0.3, -0.25) is 0 Å². The van der Waals surface area contributed by atoms with Gasteiger partial charge in [0.2, 0.25) is 0 Å². The summed E-state index contributed by atoms with van der Waals surface area (Å²) in [5.74, 6) is 0.694. The van der Waals surface area contributed by atoms with Crippen molar-refractivity contribution in [2.45, 2.75) is 13.3 Å². The Labute approximate surface area is 89.0 Å². The maximum Gasteiger partial charge on any atom is 0.0410 e. The van der Waals surface area contributed by atoms with Crippen LogP contribution in [0.15, 0.2) is 18.2 Å². The van der Waals surface area contributed by atoms with Crippen LogP contribution < -0.4 is 5.32 Å². The van der Waals surface area contributed by atoms with E-state index in [0.717, 1.165) is 23.7 Å². The van der Waals surface area contributed by atoms with Crippen molar-refractivity contribution in [1.82, 2.24) is 0 Å². The normalized spacial score (nSPS) is 10.1. The summed E-state index contributed by atoms with van der Waals surface area (Å²) in [5, 5.41) is 4.08. The third kappa shape index (κ3) is 3.45. The number of aryl methyl sites for hydroxylation is 1. The zero-order valence-corrected chi connectivity index (χ0v) is 9.12. The van der Waals surface area contributed by atoms with E-state index in [2.05, 4.69) is 5.32 Å². The molecule has 72 valence electrons. The molecule has 0 aliphatic rings. The second-order valence-corrected chi connectivity index (χ2v) is 3.74. The average Bonchev–Trinajstić information content (AvgIpc) is 2.09. The van der Waals surface area contributed by atoms with Crippen LogP contribution in [0.5, 0.6) is 0 Å². The van der Waals surface area contributed by atoms with Gasteiger partial charge < -0.3 is 5.32 Å². The van der Waals surface area contributed by atoms with E-state index in [1.807, 2.05) is 25.1 Å². The minimum atomic E-state index is 0.694. The van der Waals surface area contributed by atoms with Crippen molar-refractivity contribution in [1.29, 1.82) is 0 Å². The van der Waals surface area contributed by atoms with Gasteiger partial charge in [-0.15, -0.1) is 11.6 Å². The number of halogens is 2. The SMILES string of the molecule is Cc1cc(Cl)ccc1NCCCCl. The molecule has 0 fully saturated rings. The third-order valence-corrected chi connectivity index (χ3v) is 2.32. The first kappa shape index (κ1) is 10.7. The predicted molar refractivity (Wildman–Crippen MR) is 60.0 cm³/mol. The topological polar surface area (TPSA) is 12.0 Å². The average molecular weight is 218 g/mol. The number of alkyl halides is 1. The van der Waals surface area contributed by atoms with Crippen molar-refractivity contribution in [3.8, 4) is 0 Å². The van der Waals surface area contributed by atoms with Crippen molar-refractivity contribution in [2.75, 3.05) is 17.7 Å². The molecule has 0 amide bonds. The number of hydrogen-bond donors (Lipinski definition) is 1. The van der Waals surface area contributed by atoms with Crippen LogP contribution in [-0.2, 0) is 0 Å². The lowest BCUT2D eigenvalue weighted by Gasteiger charge is -2.08. The molecule has 3 heteroatoms. The second-order valence-electron chi connectivity index (χ2n) is 2.93. The van der Waals surface area contributed by atoms with Gasteiger partial charge in [-0.1, -0.05) is 11.6 Å². The van der Waals surface area contributed by atoms with Crippen LogP contribution in [0.4, 0.5) is 5.69 Å². The van der Waals surface area contributed by atoms with E-state index in [-0.39, 0.29) is 0 Å². The van der Waals surface area contributed by atoms with Crippen LogP contribution >= 0.6 is 23.2 Å². The molecule has 1 aromatic rings. The zero-order chi connectivity index (χ0) is 9.68. The van der Waals surface area contributed by atoms with E-state index < -0.39 is 0 Å². The molecule has 0 aromatic heterocycles. The van der Waals surface area contributed by atoms with Crippen LogP contribution in [0, 0.1) is 6.92 Å². The summed E-state index contributed by atoms with van der Waals surface area (Å²) in [5.41, 5.74) is 2.30. The quantitative estimate of drug-likeness (QED) is 0.600. The van der Waals surface area contributed by atoms with Gasteiger partial charge in [-0.2, -0.15) is 0 Å². The maximum absolute atomic E-state index is 5.83. The smallest absolute Gasteiger partial charge is 0.0410 e. The summed E-state index contributed by atoms with van der Waals surface area (Å²) < 4.78 is 0. The summed E-state index contributed by atoms with van der Waals surface area (Å²) in [7, 11) is 0. The molecule has 1 N–H and O–H groups in total. The highest BCUT2D eigenvalue weighted by Gasteiger charge is 1.97. The molecule has 1 aromatic carbocycles. The van der Waals surface area contributed by atoms with Gasteiger partial charge in [0, 0.05) is 23.1 Å². The summed E-state index contributed by atoms with van der Waals surface area (Å²) in [4.78, 5) is 0. The first-order valence-electron chi connectivity index (χ1n) is 4.30. The molecular weight excluding hydrogens is 205 g/mol. The van der Waals surface area contributed by atoms with Crippen molar-refractivity contribution in [3.05, 3.63) is 28.8 Å². The molecule has 0 radical (unpaired) electrons. The van der Waals surface area contributed by atoms with Crippen LogP contribution in [0.2, 0.25) is 5.02 Å². The molecule has 0 heterocycles. The van der Waals surface area contributed by atoms with Crippen molar-refractivity contribution >= 4 is 28.9 Å². The van der Waals surface area contributed by atoms with Crippen LogP contribution in [0.1, 0.15) is 12.0 Å². The minimum absolute atomic E-state index is 0.694. The van der Waals surface area contributed by atoms with E-state index in [4.69, 9.17) is 23.2 Å². The molecular formula is C10H13Cl2N. The van der Waals surface area contributed by atoms with Crippen LogP contribution in [0.25, 0.3) is 0 Å². The van der Waals surface area contributed by atoms with E-state index in [1.165, 1.54) is 5.56 Å². The highest BCUT2D eigenvalue weighted by atomic mass is 35.5. The van der Waals surface area contributed by atoms with Gasteiger partial charge >= 0.3 is 0 Å². The monoisotopic (exact) mass is 217 g/mol. The van der Waals surface area contributed by atoms with Crippen molar-refractivity contribution < 1.29 is 0 Å². The molecule has 13 heavy (non-hydrogen) atoms. The lowest BCUT2D eigenvalue weighted by atomic mass is 10.2. The fourth-order valence-corrected chi connectivity index (χ4v) is 1.48. The van der Waals surface area contributed by atoms with Gasteiger partial charge in [0.05, 0.1) is 0 Å². The van der Waals surface area contributed by atoms with E-state index >= 15 is 0 Å². The molecule has 0 unspecified atom stereocenters. The molecule has 0 atom stereocenters. The van der Waals surface area contributed by atoms with Crippen molar-refractivity contribution in [3.63, 3.8) is 0 Å². The molecule has 0 spiro atoms. The molecule has 0 aliphatic carbocycles. The Kier molecular flexibility index (Phi) is 4.40. The summed E-state index contributed by atoms with van der Waals surface area (Å²) >= 11 is 11.4. The number of benzene rings is 1. The molecule has 0 saturated carbocycles. The molecule has 0 saturated heterocycles. The van der Waals surface area contributed by atoms with Gasteiger partial charge in [-0.05, 0) is 37.1 Å². The Morgan fingerprint density at radius 3 is 2.77 bits per heavy atom. The van der Waals surface area contributed by atoms with Crippen LogP contribution in [-0.4, -0.2) is 12.4 Å². The van der Waals surface area contributed by atoms with Crippen LogP contribution in [0.3, 0.4) is 0 Å². The number of nitrogens with one attached hydrogen (secondary N) is 1. The number of anilines is 1. The van der Waals surface area contributed by atoms with Gasteiger partial charge in [0.25, 0.3) is 0 Å². The Hall–Kier alpha value is -0.400. The molecule has 0 aliphatic heterocycles. The number of rotatable bonds is 4. The van der Waals surface area contributed by atoms with Gasteiger partial charge in [0.15, 0.2) is 0 Å². The van der Waals surface area contributed by atoms with E-state index in [1.54, 1.807) is 0 Å². The third-order valence-electron chi connectivity index (χ3n) is 1.81. The second kappa shape index (κ2) is 5.36. The summed E-state index contributed by atoms with van der Waals surface area (Å²) in [6.45, 7) is 2.95. The highest BCUT2D eigenvalue weighted by molar-refractivity contribution is 6.30. The van der Waals surface area contributed by atoms with E-state index in [0.29, 0.717) is 5.88 Å². The Bertz CT molecular complexity index is 274. The molecule has 1 rings (SSSR count). The Balaban J connectivity index is 2.56. The van der Waals surface area contributed by atoms with Gasteiger partial charge in [0.1, 0.15) is 0 Å². The highest BCUT2D eigenvalue weighted by Crippen LogP contribution is 2.19. The summed E-state index contributed by atoms with van der Waals surface area (Å²) in [6, 6.07) is 5.83. The fourth-order valence-electron chi connectivity index (χ4n) is 1.12. The lowest BCUT2D eigenvalue weighted by molar-refractivity contribution is 0.985. The van der Waals surface area contributed by atoms with Gasteiger partial charge in [-0.25, -0.2) is 0 Å². The first-order valence-corrected chi connectivity index (χ1v) is 5.21. The Morgan fingerprint density at radius 2 is 2.15 bits per heavy atom. The van der Waals surface area contributed by atoms with E-state index in [9.17, 15) is 0 Å². The predicted octanol–water partition coefficient (Wildman–Crippen LogP) is 3.69. The molecule has 1 nitrogen and oxygen atoms in total. The molecule has 0 bridgehead atoms. The standard InChI is InChI=1S/C10H13Cl2N/c1-8-7-9(12)3-4-10(8)13-6-2-5-11/h3-4,7,13H,2,5-6H2,1H3. The zero-order valence-electron chi connectivity index (χ0n) is 7.61. The lowest BCUT2D eigenvalue weighted by Crippen LogP contribution is -2.03. The largest absolute Gasteiger partial charge is 0.385 e. The number of hydrogen-bond acceptors (Lipinski definition) is 1. The maximum atomic E-state index is 5.83.